The monoisotopic (exact) mass is 544 g/mol. The molecule has 1 aliphatic heterocycles. The minimum absolute atomic E-state index is 0.0728. The lowest BCUT2D eigenvalue weighted by atomic mass is 9.89. The van der Waals surface area contributed by atoms with Crippen molar-refractivity contribution in [3.63, 3.8) is 0 Å². The van der Waals surface area contributed by atoms with E-state index in [4.69, 9.17) is 60.9 Å². The van der Waals surface area contributed by atoms with Crippen LogP contribution in [0.2, 0.25) is 20.1 Å². The fourth-order valence-corrected chi connectivity index (χ4v) is 4.30. The number of Topliss-reactive ketones (excluding diaryl/α,β-unsaturated/α-hetero) is 1. The number of hydrogen-bond donors (Lipinski definition) is 2. The van der Waals surface area contributed by atoms with E-state index in [0.717, 1.165) is 0 Å². The molecule has 11 heteroatoms. The van der Waals surface area contributed by atoms with Gasteiger partial charge in [-0.05, 0) is 59.7 Å². The molecule has 1 unspecified atom stereocenters. The molecule has 2 N–H and O–H groups in total. The molecule has 3 aromatic rings. The number of ether oxygens (including phenoxy) is 1. The summed E-state index contributed by atoms with van der Waals surface area (Å²) in [6.07, 6.45) is 0.750. The Bertz CT molecular complexity index is 1350. The van der Waals surface area contributed by atoms with Crippen LogP contribution in [0.1, 0.15) is 27.6 Å². The molecule has 4 rings (SSSR count). The summed E-state index contributed by atoms with van der Waals surface area (Å²) >= 11 is 24.3. The quantitative estimate of drug-likeness (QED) is 0.266. The topological polar surface area (TPSA) is 93.1 Å². The number of halogens is 4. The minimum atomic E-state index is -4.81. The fraction of sp³-hybridized carbons (Fsp3) is 0.0455. The van der Waals surface area contributed by atoms with Crippen molar-refractivity contribution in [1.29, 1.82) is 0 Å². The van der Waals surface area contributed by atoms with Crippen molar-refractivity contribution in [3.05, 3.63) is 97.0 Å². The van der Waals surface area contributed by atoms with Crippen molar-refractivity contribution in [2.75, 3.05) is 0 Å². The Kier molecular flexibility index (Phi) is 6.81. The van der Waals surface area contributed by atoms with E-state index in [0.29, 0.717) is 26.2 Å². The predicted octanol–water partition coefficient (Wildman–Crippen LogP) is 7.17. The van der Waals surface area contributed by atoms with Gasteiger partial charge >= 0.3 is 7.82 Å². The molecule has 170 valence electrons. The summed E-state index contributed by atoms with van der Waals surface area (Å²) in [6, 6.07) is 13.7. The molecular formula is C22H13Cl4O6P. The molecule has 1 heterocycles. The highest BCUT2D eigenvalue weighted by Crippen LogP contribution is 2.44. The van der Waals surface area contributed by atoms with Crippen molar-refractivity contribution in [2.45, 2.75) is 6.10 Å². The maximum absolute atomic E-state index is 13.5. The maximum atomic E-state index is 13.5. The lowest BCUT2D eigenvalue weighted by molar-refractivity contribution is 0.0962. The van der Waals surface area contributed by atoms with Gasteiger partial charge in [-0.25, -0.2) is 4.57 Å². The second-order valence-corrected chi connectivity index (χ2v) is 9.81. The van der Waals surface area contributed by atoms with E-state index in [2.05, 4.69) is 4.52 Å². The summed E-state index contributed by atoms with van der Waals surface area (Å²) in [6.45, 7) is 0. The first-order valence-corrected chi connectivity index (χ1v) is 12.3. The molecule has 0 radical (unpaired) electrons. The van der Waals surface area contributed by atoms with Crippen LogP contribution in [0.5, 0.6) is 11.5 Å². The van der Waals surface area contributed by atoms with E-state index >= 15 is 0 Å². The first-order chi connectivity index (χ1) is 15.5. The van der Waals surface area contributed by atoms with E-state index in [-0.39, 0.29) is 27.7 Å². The lowest BCUT2D eigenvalue weighted by Gasteiger charge is -2.29. The average molecular weight is 546 g/mol. The Morgan fingerprint density at radius 2 is 1.55 bits per heavy atom. The number of benzene rings is 3. The molecule has 0 aliphatic carbocycles. The third-order valence-corrected chi connectivity index (χ3v) is 6.65. The molecule has 0 aromatic heterocycles. The number of ketones is 1. The minimum Gasteiger partial charge on any atom is -0.480 e. The Labute approximate surface area is 208 Å². The van der Waals surface area contributed by atoms with Gasteiger partial charge in [-0.2, -0.15) is 0 Å². The number of carbonyl (C=O) groups is 1. The zero-order valence-corrected chi connectivity index (χ0v) is 20.3. The Hall–Kier alpha value is -2.02. The van der Waals surface area contributed by atoms with Gasteiger partial charge in [-0.1, -0.05) is 58.5 Å². The van der Waals surface area contributed by atoms with Gasteiger partial charge in [-0.3, -0.25) is 14.6 Å². The summed E-state index contributed by atoms with van der Waals surface area (Å²) in [5.74, 6) is -0.407. The van der Waals surface area contributed by atoms with Gasteiger partial charge in [0.05, 0.1) is 25.7 Å². The third-order valence-electron chi connectivity index (χ3n) is 4.72. The zero-order chi connectivity index (χ0) is 23.9. The predicted molar refractivity (Wildman–Crippen MR) is 128 cm³/mol. The van der Waals surface area contributed by atoms with Crippen molar-refractivity contribution >= 4 is 66.1 Å². The van der Waals surface area contributed by atoms with Crippen LogP contribution in [-0.4, -0.2) is 15.6 Å². The number of carbonyl (C=O) groups excluding carboxylic acids is 1. The van der Waals surface area contributed by atoms with E-state index < -0.39 is 19.7 Å². The summed E-state index contributed by atoms with van der Waals surface area (Å²) in [5, 5.41) is 1.29. The summed E-state index contributed by atoms with van der Waals surface area (Å²) in [7, 11) is -4.81. The normalized spacial score (nSPS) is 17.0. The Balaban J connectivity index is 1.85. The van der Waals surface area contributed by atoms with E-state index in [1.807, 2.05) is 0 Å². The van der Waals surface area contributed by atoms with Crippen molar-refractivity contribution < 1.29 is 28.4 Å². The van der Waals surface area contributed by atoms with Crippen LogP contribution in [0, 0.1) is 0 Å². The maximum Gasteiger partial charge on any atom is 0.524 e. The van der Waals surface area contributed by atoms with Crippen molar-refractivity contribution in [3.8, 4) is 11.5 Å². The molecule has 6 nitrogen and oxygen atoms in total. The third kappa shape index (κ3) is 5.39. The highest BCUT2D eigenvalue weighted by molar-refractivity contribution is 7.46. The molecule has 0 saturated carbocycles. The smallest absolute Gasteiger partial charge is 0.480 e. The van der Waals surface area contributed by atoms with E-state index in [1.165, 1.54) is 18.2 Å². The van der Waals surface area contributed by atoms with Crippen LogP contribution in [0.15, 0.2) is 60.2 Å². The molecule has 0 spiro atoms. The van der Waals surface area contributed by atoms with E-state index in [1.54, 1.807) is 42.5 Å². The molecule has 3 aromatic carbocycles. The first kappa shape index (κ1) is 24.1. The fourth-order valence-electron chi connectivity index (χ4n) is 3.29. The Morgan fingerprint density at radius 3 is 2.18 bits per heavy atom. The number of rotatable bonds is 4. The molecule has 1 atom stereocenters. The van der Waals surface area contributed by atoms with Gasteiger partial charge in [0, 0.05) is 5.57 Å². The highest BCUT2D eigenvalue weighted by Gasteiger charge is 2.34. The van der Waals surface area contributed by atoms with Crippen LogP contribution < -0.4 is 9.26 Å². The molecule has 0 saturated heterocycles. The molecule has 1 aliphatic rings. The van der Waals surface area contributed by atoms with Gasteiger partial charge < -0.3 is 9.26 Å². The van der Waals surface area contributed by atoms with Crippen LogP contribution >= 0.6 is 54.2 Å². The average Bonchev–Trinajstić information content (AvgIpc) is 2.74. The number of phosphoric ester groups is 1. The van der Waals surface area contributed by atoms with E-state index in [9.17, 15) is 9.36 Å². The van der Waals surface area contributed by atoms with Crippen LogP contribution in [0.25, 0.3) is 6.08 Å². The Morgan fingerprint density at radius 1 is 0.879 bits per heavy atom. The standard InChI is InChI=1S/C22H13Cl4O6P/c23-16-4-1-11(8-18(16)25)7-15-21(27)14-10-13(32-33(28,29)30)3-6-20(14)31-22(15)12-2-5-17(24)19(26)9-12/h1-10,22H,(H2,28,29,30). The summed E-state index contributed by atoms with van der Waals surface area (Å²) < 4.78 is 21.9. The second kappa shape index (κ2) is 9.32. The first-order valence-electron chi connectivity index (χ1n) is 9.24. The number of phosphoric acid groups is 1. The highest BCUT2D eigenvalue weighted by atomic mass is 35.5. The second-order valence-electron chi connectivity index (χ2n) is 7.01. The summed E-state index contributed by atoms with van der Waals surface area (Å²) in [5.41, 5.74) is 1.47. The van der Waals surface area contributed by atoms with Gasteiger partial charge in [0.2, 0.25) is 0 Å². The van der Waals surface area contributed by atoms with Gasteiger partial charge in [0.15, 0.2) is 11.9 Å². The van der Waals surface area contributed by atoms with Crippen LogP contribution in [-0.2, 0) is 4.57 Å². The lowest BCUT2D eigenvalue weighted by Crippen LogP contribution is -2.24. The number of hydrogen-bond acceptors (Lipinski definition) is 4. The summed E-state index contributed by atoms with van der Waals surface area (Å²) in [4.78, 5) is 31.7. The van der Waals surface area contributed by atoms with Crippen LogP contribution in [0.3, 0.4) is 0 Å². The van der Waals surface area contributed by atoms with Gasteiger partial charge in [0.25, 0.3) is 0 Å². The van der Waals surface area contributed by atoms with Crippen molar-refractivity contribution in [1.82, 2.24) is 0 Å². The van der Waals surface area contributed by atoms with Gasteiger partial charge in [-0.15, -0.1) is 0 Å². The zero-order valence-electron chi connectivity index (χ0n) is 16.3. The molecule has 33 heavy (non-hydrogen) atoms. The van der Waals surface area contributed by atoms with Crippen LogP contribution in [0.4, 0.5) is 0 Å². The largest absolute Gasteiger partial charge is 0.524 e. The van der Waals surface area contributed by atoms with Crippen molar-refractivity contribution in [2.24, 2.45) is 0 Å². The molecule has 0 bridgehead atoms. The molecule has 0 amide bonds. The SMILES string of the molecule is O=C1C(=Cc2ccc(Cl)c(Cl)c2)C(c2ccc(Cl)c(Cl)c2)Oc2ccc(OP(=O)(O)O)cc21. The molecular weight excluding hydrogens is 533 g/mol. The van der Waals surface area contributed by atoms with Gasteiger partial charge in [0.1, 0.15) is 11.5 Å². The number of fused-ring (bicyclic) bond motifs is 1. The molecule has 0 fully saturated rings.